The predicted molar refractivity (Wildman–Crippen MR) is 68.4 cm³/mol. The van der Waals surface area contributed by atoms with Gasteiger partial charge in [-0.3, -0.25) is 5.43 Å². The predicted octanol–water partition coefficient (Wildman–Crippen LogP) is 0.827. The van der Waals surface area contributed by atoms with E-state index in [2.05, 4.69) is 16.6 Å². The quantitative estimate of drug-likeness (QED) is 0.565. The highest BCUT2D eigenvalue weighted by molar-refractivity contribution is 7.80. The molecule has 1 aromatic carbocycles. The summed E-state index contributed by atoms with van der Waals surface area (Å²) in [7, 11) is 1.95. The highest BCUT2D eigenvalue weighted by Crippen LogP contribution is 2.08. The summed E-state index contributed by atoms with van der Waals surface area (Å²) in [5.74, 6) is 0. The molecule has 16 heavy (non-hydrogen) atoms. The summed E-state index contributed by atoms with van der Waals surface area (Å²) < 4.78 is 1.97. The van der Waals surface area contributed by atoms with E-state index in [1.807, 2.05) is 41.9 Å². The number of fused-ring (bicyclic) bond motifs is 1. The maximum atomic E-state index is 5.32. The molecule has 1 aromatic heterocycles. The van der Waals surface area contributed by atoms with Crippen LogP contribution in [0.1, 0.15) is 0 Å². The molecule has 0 aliphatic carbocycles. The Morgan fingerprint density at radius 2 is 2.06 bits per heavy atom. The summed E-state index contributed by atoms with van der Waals surface area (Å²) in [4.78, 5) is 0. The number of thiocarbonyl (C=S) groups is 1. The Morgan fingerprint density at radius 1 is 1.31 bits per heavy atom. The molecule has 82 valence electrons. The molecule has 0 saturated carbocycles. The first-order valence-electron chi connectivity index (χ1n) is 4.82. The minimum absolute atomic E-state index is 0.160. The third kappa shape index (κ3) is 2.04. The first-order chi connectivity index (χ1) is 7.68. The van der Waals surface area contributed by atoms with Crippen LogP contribution in [-0.2, 0) is 7.05 Å². The Morgan fingerprint density at radius 3 is 2.81 bits per heavy atom. The molecule has 0 atom stereocenters. The van der Waals surface area contributed by atoms with Crippen molar-refractivity contribution in [1.29, 1.82) is 0 Å². The minimum atomic E-state index is 0.160. The number of nitrogens with zero attached hydrogens (tertiary/aromatic N) is 2. The average molecular weight is 232 g/mol. The van der Waals surface area contributed by atoms with Gasteiger partial charge in [-0.15, -0.1) is 0 Å². The van der Waals surface area contributed by atoms with Crippen LogP contribution >= 0.6 is 12.2 Å². The topological polar surface area (TPSA) is 55.3 Å². The van der Waals surface area contributed by atoms with Crippen LogP contribution in [0, 0.1) is 0 Å². The summed E-state index contributed by atoms with van der Waals surface area (Å²) in [5.41, 5.74) is 9.78. The van der Waals surface area contributed by atoms with Gasteiger partial charge in [0.2, 0.25) is 0 Å². The zero-order valence-electron chi connectivity index (χ0n) is 8.84. The van der Waals surface area contributed by atoms with Gasteiger partial charge in [-0.1, -0.05) is 18.2 Å². The molecule has 2 aromatic rings. The Bertz CT molecular complexity index is 600. The number of rotatable bonds is 1. The van der Waals surface area contributed by atoms with Crippen LogP contribution < -0.4 is 16.6 Å². The van der Waals surface area contributed by atoms with Crippen LogP contribution in [0.2, 0.25) is 0 Å². The fourth-order valence-electron chi connectivity index (χ4n) is 1.56. The van der Waals surface area contributed by atoms with Crippen LogP contribution in [0.4, 0.5) is 0 Å². The number of hydrogen-bond acceptors (Lipinski definition) is 2. The standard InChI is InChI=1S/C11H12N4S/c1-15-9-5-3-2-4-8(9)6-7-10(15)13-14-11(12)16/h2-7H,1H3,(H3,12,14,16). The lowest BCUT2D eigenvalue weighted by atomic mass is 10.2. The highest BCUT2D eigenvalue weighted by Gasteiger charge is 1.95. The Hall–Kier alpha value is -1.88. The van der Waals surface area contributed by atoms with Gasteiger partial charge >= 0.3 is 0 Å². The van der Waals surface area contributed by atoms with Crippen LogP contribution in [0.15, 0.2) is 41.5 Å². The molecule has 4 nitrogen and oxygen atoms in total. The molecule has 0 fully saturated rings. The van der Waals surface area contributed by atoms with Gasteiger partial charge in [0.15, 0.2) is 10.6 Å². The average Bonchev–Trinajstić information content (AvgIpc) is 2.28. The number of para-hydroxylation sites is 1. The van der Waals surface area contributed by atoms with Gasteiger partial charge in [-0.25, -0.2) is 0 Å². The first-order valence-corrected chi connectivity index (χ1v) is 5.23. The fraction of sp³-hybridized carbons (Fsp3) is 0.0909. The first kappa shape index (κ1) is 10.6. The van der Waals surface area contributed by atoms with Gasteiger partial charge in [-0.05, 0) is 35.8 Å². The van der Waals surface area contributed by atoms with E-state index in [-0.39, 0.29) is 5.11 Å². The van der Waals surface area contributed by atoms with E-state index in [1.54, 1.807) is 0 Å². The lowest BCUT2D eigenvalue weighted by molar-refractivity contribution is 0.819. The van der Waals surface area contributed by atoms with E-state index in [0.29, 0.717) is 0 Å². The summed E-state index contributed by atoms with van der Waals surface area (Å²) >= 11 is 4.70. The summed E-state index contributed by atoms with van der Waals surface area (Å²) in [5, 5.41) is 5.43. The van der Waals surface area contributed by atoms with Crippen LogP contribution in [0.25, 0.3) is 10.9 Å². The van der Waals surface area contributed by atoms with Gasteiger partial charge in [0.25, 0.3) is 0 Å². The van der Waals surface area contributed by atoms with E-state index >= 15 is 0 Å². The third-order valence-electron chi connectivity index (χ3n) is 2.33. The molecule has 0 unspecified atom stereocenters. The number of pyridine rings is 1. The molecule has 0 radical (unpaired) electrons. The second-order valence-corrected chi connectivity index (χ2v) is 3.84. The smallest absolute Gasteiger partial charge is 0.184 e. The van der Waals surface area contributed by atoms with E-state index in [9.17, 15) is 0 Å². The van der Waals surface area contributed by atoms with Crippen LogP contribution in [0.5, 0.6) is 0 Å². The number of aromatic nitrogens is 1. The van der Waals surface area contributed by atoms with E-state index in [1.165, 1.54) is 5.39 Å². The second kappa shape index (κ2) is 4.32. The van der Waals surface area contributed by atoms with Gasteiger partial charge in [0.05, 0.1) is 0 Å². The lowest BCUT2D eigenvalue weighted by Gasteiger charge is -2.05. The molecule has 0 amide bonds. The number of benzene rings is 1. The van der Waals surface area contributed by atoms with E-state index in [4.69, 9.17) is 18.0 Å². The van der Waals surface area contributed by atoms with Crippen molar-refractivity contribution in [1.82, 2.24) is 9.99 Å². The molecule has 1 heterocycles. The van der Waals surface area contributed by atoms with Gasteiger partial charge < -0.3 is 10.3 Å². The lowest BCUT2D eigenvalue weighted by Crippen LogP contribution is -2.29. The van der Waals surface area contributed by atoms with Crippen molar-refractivity contribution in [2.75, 3.05) is 0 Å². The summed E-state index contributed by atoms with van der Waals surface area (Å²) in [6, 6.07) is 12.0. The van der Waals surface area contributed by atoms with Gasteiger partial charge in [0, 0.05) is 12.6 Å². The minimum Gasteiger partial charge on any atom is -0.375 e. The summed E-state index contributed by atoms with van der Waals surface area (Å²) in [6.07, 6.45) is 0. The van der Waals surface area contributed by atoms with Gasteiger partial charge in [-0.2, -0.15) is 5.10 Å². The second-order valence-electron chi connectivity index (χ2n) is 3.40. The SMILES string of the molecule is Cn1c(=NNC(N)=S)ccc2ccccc21. The highest BCUT2D eigenvalue weighted by atomic mass is 32.1. The molecule has 0 saturated heterocycles. The van der Waals surface area contributed by atoms with Crippen molar-refractivity contribution in [2.24, 2.45) is 17.9 Å². The zero-order valence-corrected chi connectivity index (χ0v) is 9.66. The molecular weight excluding hydrogens is 220 g/mol. The molecule has 0 bridgehead atoms. The van der Waals surface area contributed by atoms with E-state index < -0.39 is 0 Å². The largest absolute Gasteiger partial charge is 0.375 e. The Labute approximate surface area is 98.4 Å². The monoisotopic (exact) mass is 232 g/mol. The van der Waals surface area contributed by atoms with Crippen molar-refractivity contribution >= 4 is 28.2 Å². The summed E-state index contributed by atoms with van der Waals surface area (Å²) in [6.45, 7) is 0. The number of nitrogens with two attached hydrogens (primary N) is 1. The molecular formula is C11H12N4S. The number of aryl methyl sites for hydroxylation is 1. The Balaban J connectivity index is 2.61. The third-order valence-corrected chi connectivity index (χ3v) is 2.43. The molecule has 0 aliphatic rings. The van der Waals surface area contributed by atoms with Crippen molar-refractivity contribution < 1.29 is 0 Å². The maximum Gasteiger partial charge on any atom is 0.184 e. The number of nitrogens with one attached hydrogen (secondary N) is 1. The van der Waals surface area contributed by atoms with Crippen molar-refractivity contribution in [3.63, 3.8) is 0 Å². The van der Waals surface area contributed by atoms with Crippen molar-refractivity contribution in [2.45, 2.75) is 0 Å². The molecule has 0 aliphatic heterocycles. The normalized spacial score (nSPS) is 11.7. The molecule has 3 N–H and O–H groups in total. The van der Waals surface area contributed by atoms with Crippen molar-refractivity contribution in [3.8, 4) is 0 Å². The Kier molecular flexibility index (Phi) is 2.87. The zero-order chi connectivity index (χ0) is 11.5. The molecule has 5 heteroatoms. The molecule has 2 rings (SSSR count). The van der Waals surface area contributed by atoms with Crippen LogP contribution in [0.3, 0.4) is 0 Å². The van der Waals surface area contributed by atoms with E-state index in [0.717, 1.165) is 11.0 Å². The van der Waals surface area contributed by atoms with Gasteiger partial charge in [0.1, 0.15) is 0 Å². The molecule has 0 spiro atoms. The van der Waals surface area contributed by atoms with Crippen LogP contribution in [-0.4, -0.2) is 9.68 Å². The maximum absolute atomic E-state index is 5.32. The van der Waals surface area contributed by atoms with Crippen molar-refractivity contribution in [3.05, 3.63) is 41.9 Å². The number of hydrogen-bond donors (Lipinski definition) is 2. The fourth-order valence-corrected chi connectivity index (χ4v) is 1.60.